The summed E-state index contributed by atoms with van der Waals surface area (Å²) >= 11 is 0. The number of ether oxygens (including phenoxy) is 3. The molecule has 2 aromatic rings. The first-order valence-electron chi connectivity index (χ1n) is 6.95. The monoisotopic (exact) mass is 285 g/mol. The molecular weight excluding hydrogens is 266 g/mol. The zero-order valence-electron chi connectivity index (χ0n) is 12.2. The molecule has 4 heteroatoms. The van der Waals surface area contributed by atoms with Crippen LogP contribution in [0.25, 0.3) is 0 Å². The highest BCUT2D eigenvalue weighted by atomic mass is 16.5. The Morgan fingerprint density at radius 1 is 1.05 bits per heavy atom. The van der Waals surface area contributed by atoms with E-state index in [2.05, 4.69) is 6.07 Å². The third kappa shape index (κ3) is 2.43. The molecule has 110 valence electrons. The highest BCUT2D eigenvalue weighted by Gasteiger charge is 2.32. The summed E-state index contributed by atoms with van der Waals surface area (Å²) in [4.78, 5) is 0. The molecule has 0 saturated heterocycles. The second kappa shape index (κ2) is 5.66. The first-order chi connectivity index (χ1) is 10.2. The summed E-state index contributed by atoms with van der Waals surface area (Å²) in [6.07, 6.45) is 0.672. The van der Waals surface area contributed by atoms with E-state index in [1.54, 1.807) is 14.2 Å². The van der Waals surface area contributed by atoms with E-state index in [0.717, 1.165) is 29.2 Å². The highest BCUT2D eigenvalue weighted by molar-refractivity contribution is 5.48. The number of rotatable bonds is 4. The van der Waals surface area contributed by atoms with Gasteiger partial charge in [0.15, 0.2) is 0 Å². The molecule has 3 rings (SSSR count). The van der Waals surface area contributed by atoms with Crippen LogP contribution in [0.2, 0.25) is 0 Å². The average molecular weight is 285 g/mol. The fourth-order valence-corrected chi connectivity index (χ4v) is 2.80. The minimum atomic E-state index is -0.316. The van der Waals surface area contributed by atoms with Crippen LogP contribution in [0.5, 0.6) is 17.2 Å². The number of fused-ring (bicyclic) bond motifs is 1. The Morgan fingerprint density at radius 2 is 1.71 bits per heavy atom. The van der Waals surface area contributed by atoms with E-state index >= 15 is 0 Å². The van der Waals surface area contributed by atoms with Crippen molar-refractivity contribution in [3.8, 4) is 17.2 Å². The Kier molecular flexibility index (Phi) is 3.71. The third-order valence-electron chi connectivity index (χ3n) is 3.87. The van der Waals surface area contributed by atoms with E-state index in [1.807, 2.05) is 36.4 Å². The summed E-state index contributed by atoms with van der Waals surface area (Å²) in [6, 6.07) is 13.4. The molecule has 0 spiro atoms. The van der Waals surface area contributed by atoms with Crippen molar-refractivity contribution in [1.29, 1.82) is 0 Å². The molecule has 2 atom stereocenters. The lowest BCUT2D eigenvalue weighted by atomic mass is 9.97. The summed E-state index contributed by atoms with van der Waals surface area (Å²) in [5, 5.41) is 0. The second-order valence-corrected chi connectivity index (χ2v) is 5.07. The number of para-hydroxylation sites is 1. The van der Waals surface area contributed by atoms with Crippen molar-refractivity contribution in [2.75, 3.05) is 14.2 Å². The standard InChI is InChI=1S/C17H19NO3/c1-19-13-8-5-9-14(20-2)16(13)17(18)15-10-11-6-3-4-7-12(11)21-15/h3-9,15,17H,10,18H2,1-2H3. The quantitative estimate of drug-likeness (QED) is 0.938. The molecule has 1 aliphatic heterocycles. The Labute approximate surface area is 124 Å². The maximum atomic E-state index is 6.45. The van der Waals surface area contributed by atoms with E-state index in [1.165, 1.54) is 5.56 Å². The molecule has 0 aromatic heterocycles. The summed E-state index contributed by atoms with van der Waals surface area (Å²) in [7, 11) is 3.27. The molecule has 4 nitrogen and oxygen atoms in total. The van der Waals surface area contributed by atoms with E-state index in [-0.39, 0.29) is 12.1 Å². The molecule has 0 bridgehead atoms. The van der Waals surface area contributed by atoms with Crippen molar-refractivity contribution in [1.82, 2.24) is 0 Å². The molecule has 0 radical (unpaired) electrons. The predicted molar refractivity (Wildman–Crippen MR) is 81.0 cm³/mol. The second-order valence-electron chi connectivity index (χ2n) is 5.07. The maximum absolute atomic E-state index is 6.45. The van der Waals surface area contributed by atoms with Gasteiger partial charge in [0.25, 0.3) is 0 Å². The van der Waals surface area contributed by atoms with Crippen molar-refractivity contribution in [2.24, 2.45) is 5.73 Å². The smallest absolute Gasteiger partial charge is 0.127 e. The van der Waals surface area contributed by atoms with Gasteiger partial charge in [-0.3, -0.25) is 0 Å². The lowest BCUT2D eigenvalue weighted by Gasteiger charge is -2.23. The van der Waals surface area contributed by atoms with Gasteiger partial charge in [0.1, 0.15) is 23.4 Å². The molecule has 21 heavy (non-hydrogen) atoms. The SMILES string of the molecule is COc1cccc(OC)c1C(N)C1Cc2ccccc2O1. The zero-order valence-corrected chi connectivity index (χ0v) is 12.2. The Morgan fingerprint density at radius 3 is 2.33 bits per heavy atom. The first kappa shape index (κ1) is 13.8. The van der Waals surface area contributed by atoms with E-state index < -0.39 is 0 Å². The van der Waals surface area contributed by atoms with Gasteiger partial charge in [-0.25, -0.2) is 0 Å². The van der Waals surface area contributed by atoms with Gasteiger partial charge in [-0.05, 0) is 23.8 Å². The van der Waals surface area contributed by atoms with Gasteiger partial charge >= 0.3 is 0 Å². The Bertz CT molecular complexity index is 594. The van der Waals surface area contributed by atoms with Crippen LogP contribution >= 0.6 is 0 Å². The number of methoxy groups -OCH3 is 2. The highest BCUT2D eigenvalue weighted by Crippen LogP contribution is 2.39. The van der Waals surface area contributed by atoms with Gasteiger partial charge in [0.2, 0.25) is 0 Å². The molecule has 0 fully saturated rings. The van der Waals surface area contributed by atoms with Crippen LogP contribution in [-0.4, -0.2) is 20.3 Å². The minimum Gasteiger partial charge on any atom is -0.496 e. The Balaban J connectivity index is 1.92. The molecule has 2 unspecified atom stereocenters. The lowest BCUT2D eigenvalue weighted by molar-refractivity contribution is 0.195. The van der Waals surface area contributed by atoms with E-state index in [0.29, 0.717) is 0 Å². The number of benzene rings is 2. The predicted octanol–water partition coefficient (Wildman–Crippen LogP) is 2.71. The molecule has 0 amide bonds. The van der Waals surface area contributed by atoms with Crippen LogP contribution in [-0.2, 0) is 6.42 Å². The van der Waals surface area contributed by atoms with Crippen LogP contribution in [0.15, 0.2) is 42.5 Å². The molecular formula is C17H19NO3. The molecule has 0 saturated carbocycles. The van der Waals surface area contributed by atoms with Gasteiger partial charge in [-0.1, -0.05) is 24.3 Å². The molecule has 2 N–H and O–H groups in total. The van der Waals surface area contributed by atoms with Gasteiger partial charge < -0.3 is 19.9 Å². The number of nitrogens with two attached hydrogens (primary N) is 1. The van der Waals surface area contributed by atoms with Crippen LogP contribution in [0, 0.1) is 0 Å². The van der Waals surface area contributed by atoms with Gasteiger partial charge in [-0.15, -0.1) is 0 Å². The van der Waals surface area contributed by atoms with E-state index in [4.69, 9.17) is 19.9 Å². The van der Waals surface area contributed by atoms with Crippen molar-refractivity contribution >= 4 is 0 Å². The van der Waals surface area contributed by atoms with Crippen LogP contribution in [0.4, 0.5) is 0 Å². The molecule has 1 heterocycles. The topological polar surface area (TPSA) is 53.7 Å². The lowest BCUT2D eigenvalue weighted by Crippen LogP contribution is -2.30. The summed E-state index contributed by atoms with van der Waals surface area (Å²) < 4.78 is 16.8. The van der Waals surface area contributed by atoms with Gasteiger partial charge in [0.05, 0.1) is 25.8 Å². The van der Waals surface area contributed by atoms with Crippen molar-refractivity contribution in [3.63, 3.8) is 0 Å². The Hall–Kier alpha value is -2.20. The molecule has 2 aromatic carbocycles. The maximum Gasteiger partial charge on any atom is 0.127 e. The summed E-state index contributed by atoms with van der Waals surface area (Å²) in [5.41, 5.74) is 8.48. The van der Waals surface area contributed by atoms with Gasteiger partial charge in [0, 0.05) is 6.42 Å². The van der Waals surface area contributed by atoms with Crippen LogP contribution < -0.4 is 19.9 Å². The molecule has 1 aliphatic rings. The minimum absolute atomic E-state index is 0.118. The van der Waals surface area contributed by atoms with Crippen molar-refractivity contribution in [2.45, 2.75) is 18.6 Å². The number of hydrogen-bond acceptors (Lipinski definition) is 4. The van der Waals surface area contributed by atoms with E-state index in [9.17, 15) is 0 Å². The first-order valence-corrected chi connectivity index (χ1v) is 6.95. The van der Waals surface area contributed by atoms with Gasteiger partial charge in [-0.2, -0.15) is 0 Å². The summed E-state index contributed by atoms with van der Waals surface area (Å²) in [5.74, 6) is 2.36. The largest absolute Gasteiger partial charge is 0.496 e. The third-order valence-corrected chi connectivity index (χ3v) is 3.87. The fourth-order valence-electron chi connectivity index (χ4n) is 2.80. The normalized spacial score (nSPS) is 17.8. The fraction of sp³-hybridized carbons (Fsp3) is 0.294. The van der Waals surface area contributed by atoms with Crippen molar-refractivity contribution in [3.05, 3.63) is 53.6 Å². The number of hydrogen-bond donors (Lipinski definition) is 1. The average Bonchev–Trinajstić information content (AvgIpc) is 2.97. The molecule has 0 aliphatic carbocycles. The summed E-state index contributed by atoms with van der Waals surface area (Å²) in [6.45, 7) is 0. The van der Waals surface area contributed by atoms with Crippen LogP contribution in [0.1, 0.15) is 17.2 Å². The van der Waals surface area contributed by atoms with Crippen molar-refractivity contribution < 1.29 is 14.2 Å². The van der Waals surface area contributed by atoms with Crippen LogP contribution in [0.3, 0.4) is 0 Å². The zero-order chi connectivity index (χ0) is 14.8.